The van der Waals surface area contributed by atoms with Crippen molar-refractivity contribution >= 4 is 28.3 Å². The van der Waals surface area contributed by atoms with Crippen LogP contribution in [0, 0.1) is 5.82 Å². The van der Waals surface area contributed by atoms with Crippen molar-refractivity contribution in [1.82, 2.24) is 10.0 Å². The number of benzene rings is 1. The molecule has 1 aromatic carbocycles. The number of carbonyl (C=O) groups is 1. The zero-order chi connectivity index (χ0) is 16.1. The van der Waals surface area contributed by atoms with Gasteiger partial charge in [0.25, 0.3) is 0 Å². The molecule has 0 aliphatic carbocycles. The van der Waals surface area contributed by atoms with E-state index in [2.05, 4.69) is 10.0 Å². The molecule has 0 radical (unpaired) electrons. The lowest BCUT2D eigenvalue weighted by molar-refractivity contribution is -0.121. The summed E-state index contributed by atoms with van der Waals surface area (Å²) in [6, 6.07) is 4.44. The predicted octanol–water partition coefficient (Wildman–Crippen LogP) is 0.769. The normalized spacial score (nSPS) is 11.6. The molecule has 0 saturated carbocycles. The van der Waals surface area contributed by atoms with Crippen molar-refractivity contribution in [2.75, 3.05) is 13.1 Å². The highest BCUT2D eigenvalue weighted by Gasteiger charge is 2.15. The van der Waals surface area contributed by atoms with Crippen LogP contribution in [0.3, 0.4) is 0 Å². The molecular formula is C13H21ClFN3O3S. The molecule has 6 nitrogen and oxygen atoms in total. The highest BCUT2D eigenvalue weighted by atomic mass is 35.5. The van der Waals surface area contributed by atoms with E-state index in [0.29, 0.717) is 6.54 Å². The molecule has 22 heavy (non-hydrogen) atoms. The summed E-state index contributed by atoms with van der Waals surface area (Å²) in [6.07, 6.45) is -0.00347. The SMILES string of the molecule is CC(C)(N)CNC(=O)CCNS(=O)(=O)c1ccc(F)cc1.Cl. The van der Waals surface area contributed by atoms with E-state index in [4.69, 9.17) is 5.73 Å². The quantitative estimate of drug-likeness (QED) is 0.673. The molecule has 0 heterocycles. The van der Waals surface area contributed by atoms with Crippen molar-refractivity contribution in [2.24, 2.45) is 5.73 Å². The van der Waals surface area contributed by atoms with Crippen molar-refractivity contribution < 1.29 is 17.6 Å². The number of amides is 1. The van der Waals surface area contributed by atoms with Gasteiger partial charge in [-0.15, -0.1) is 12.4 Å². The summed E-state index contributed by atoms with van der Waals surface area (Å²) >= 11 is 0. The van der Waals surface area contributed by atoms with Gasteiger partial charge in [0.05, 0.1) is 4.90 Å². The van der Waals surface area contributed by atoms with Crippen LogP contribution in [0.15, 0.2) is 29.2 Å². The van der Waals surface area contributed by atoms with Gasteiger partial charge in [0.15, 0.2) is 0 Å². The second kappa shape index (κ2) is 8.42. The predicted molar refractivity (Wildman–Crippen MR) is 84.7 cm³/mol. The zero-order valence-corrected chi connectivity index (χ0v) is 14.1. The molecule has 4 N–H and O–H groups in total. The lowest BCUT2D eigenvalue weighted by atomic mass is 10.1. The molecule has 1 aromatic rings. The number of sulfonamides is 1. The van der Waals surface area contributed by atoms with Gasteiger partial charge in [-0.05, 0) is 38.1 Å². The average molecular weight is 354 g/mol. The Labute approximate surface area is 136 Å². The number of nitrogens with one attached hydrogen (secondary N) is 2. The third kappa shape index (κ3) is 7.69. The molecule has 1 rings (SSSR count). The maximum Gasteiger partial charge on any atom is 0.240 e. The molecule has 0 aliphatic heterocycles. The molecule has 0 spiro atoms. The van der Waals surface area contributed by atoms with Crippen LogP contribution in [0.5, 0.6) is 0 Å². The molecule has 0 atom stereocenters. The van der Waals surface area contributed by atoms with E-state index in [9.17, 15) is 17.6 Å². The summed E-state index contributed by atoms with van der Waals surface area (Å²) in [5.74, 6) is -0.812. The van der Waals surface area contributed by atoms with Crippen molar-refractivity contribution in [3.63, 3.8) is 0 Å². The minimum absolute atomic E-state index is 0. The first-order chi connectivity index (χ1) is 9.60. The minimum atomic E-state index is -3.74. The zero-order valence-electron chi connectivity index (χ0n) is 12.4. The van der Waals surface area contributed by atoms with Gasteiger partial charge in [0, 0.05) is 25.0 Å². The summed E-state index contributed by atoms with van der Waals surface area (Å²) in [4.78, 5) is 11.5. The van der Waals surface area contributed by atoms with Gasteiger partial charge in [-0.1, -0.05) is 0 Å². The number of halogens is 2. The van der Waals surface area contributed by atoms with Crippen molar-refractivity contribution in [2.45, 2.75) is 30.7 Å². The largest absolute Gasteiger partial charge is 0.354 e. The Morgan fingerprint density at radius 1 is 1.27 bits per heavy atom. The van der Waals surface area contributed by atoms with Crippen LogP contribution in [0.25, 0.3) is 0 Å². The van der Waals surface area contributed by atoms with Gasteiger partial charge in [0.2, 0.25) is 15.9 Å². The summed E-state index contributed by atoms with van der Waals surface area (Å²) in [5, 5.41) is 2.61. The summed E-state index contributed by atoms with van der Waals surface area (Å²) < 4.78 is 38.7. The minimum Gasteiger partial charge on any atom is -0.354 e. The second-order valence-corrected chi connectivity index (χ2v) is 7.13. The Bertz CT molecular complexity index is 586. The van der Waals surface area contributed by atoms with Crippen LogP contribution in [-0.4, -0.2) is 33.0 Å². The molecule has 9 heteroatoms. The monoisotopic (exact) mass is 353 g/mol. The molecule has 0 aliphatic rings. The fourth-order valence-corrected chi connectivity index (χ4v) is 2.44. The molecule has 0 saturated heterocycles. The fraction of sp³-hybridized carbons (Fsp3) is 0.462. The second-order valence-electron chi connectivity index (χ2n) is 5.37. The number of nitrogens with two attached hydrogens (primary N) is 1. The maximum absolute atomic E-state index is 12.7. The van der Waals surface area contributed by atoms with Crippen LogP contribution in [0.2, 0.25) is 0 Å². The van der Waals surface area contributed by atoms with E-state index in [0.717, 1.165) is 24.3 Å². The Morgan fingerprint density at radius 2 is 1.82 bits per heavy atom. The smallest absolute Gasteiger partial charge is 0.240 e. The molecule has 0 fully saturated rings. The van der Waals surface area contributed by atoms with Crippen LogP contribution in [0.4, 0.5) is 4.39 Å². The van der Waals surface area contributed by atoms with Crippen molar-refractivity contribution in [3.8, 4) is 0 Å². The average Bonchev–Trinajstić information content (AvgIpc) is 2.36. The Kier molecular flexibility index (Phi) is 7.96. The molecule has 0 bridgehead atoms. The van der Waals surface area contributed by atoms with Gasteiger partial charge in [-0.25, -0.2) is 17.5 Å². The van der Waals surface area contributed by atoms with Gasteiger partial charge in [0.1, 0.15) is 5.82 Å². The fourth-order valence-electron chi connectivity index (χ4n) is 1.41. The third-order valence-electron chi connectivity index (χ3n) is 2.51. The van der Waals surface area contributed by atoms with Crippen LogP contribution < -0.4 is 15.8 Å². The van der Waals surface area contributed by atoms with E-state index in [-0.39, 0.29) is 36.2 Å². The lowest BCUT2D eigenvalue weighted by Gasteiger charge is -2.18. The van der Waals surface area contributed by atoms with Gasteiger partial charge >= 0.3 is 0 Å². The Hall–Kier alpha value is -1.22. The molecular weight excluding hydrogens is 333 g/mol. The number of hydrogen-bond donors (Lipinski definition) is 3. The molecule has 126 valence electrons. The first-order valence-electron chi connectivity index (χ1n) is 6.41. The Balaban J connectivity index is 0.00000441. The molecule has 1 amide bonds. The molecule has 0 unspecified atom stereocenters. The number of hydrogen-bond acceptors (Lipinski definition) is 4. The van der Waals surface area contributed by atoms with Gasteiger partial charge in [-0.3, -0.25) is 4.79 Å². The van der Waals surface area contributed by atoms with Gasteiger partial charge < -0.3 is 11.1 Å². The highest BCUT2D eigenvalue weighted by molar-refractivity contribution is 7.89. The van der Waals surface area contributed by atoms with E-state index in [1.807, 2.05) is 0 Å². The van der Waals surface area contributed by atoms with E-state index in [1.54, 1.807) is 13.8 Å². The molecule has 0 aromatic heterocycles. The lowest BCUT2D eigenvalue weighted by Crippen LogP contribution is -2.45. The Morgan fingerprint density at radius 3 is 2.32 bits per heavy atom. The van der Waals surface area contributed by atoms with E-state index >= 15 is 0 Å². The van der Waals surface area contributed by atoms with E-state index < -0.39 is 21.4 Å². The highest BCUT2D eigenvalue weighted by Crippen LogP contribution is 2.09. The first-order valence-corrected chi connectivity index (χ1v) is 7.89. The van der Waals surface area contributed by atoms with Crippen LogP contribution >= 0.6 is 12.4 Å². The summed E-state index contributed by atoms with van der Waals surface area (Å²) in [7, 11) is -3.74. The standard InChI is InChI=1S/C13H20FN3O3S.ClH/c1-13(2,15)9-16-12(18)7-8-17-21(19,20)11-5-3-10(14)4-6-11;/h3-6,17H,7-9,15H2,1-2H3,(H,16,18);1H. The van der Waals surface area contributed by atoms with E-state index in [1.165, 1.54) is 0 Å². The topological polar surface area (TPSA) is 101 Å². The number of carbonyl (C=O) groups excluding carboxylic acids is 1. The first kappa shape index (κ1) is 20.8. The van der Waals surface area contributed by atoms with Crippen molar-refractivity contribution in [1.29, 1.82) is 0 Å². The van der Waals surface area contributed by atoms with Crippen LogP contribution in [-0.2, 0) is 14.8 Å². The van der Waals surface area contributed by atoms with Crippen molar-refractivity contribution in [3.05, 3.63) is 30.1 Å². The van der Waals surface area contributed by atoms with Gasteiger partial charge in [-0.2, -0.15) is 0 Å². The summed E-state index contributed by atoms with van der Waals surface area (Å²) in [5.41, 5.74) is 5.19. The maximum atomic E-state index is 12.7. The number of rotatable bonds is 7. The third-order valence-corrected chi connectivity index (χ3v) is 3.99. The summed E-state index contributed by atoms with van der Waals surface area (Å²) in [6.45, 7) is 3.79. The van der Waals surface area contributed by atoms with Crippen LogP contribution in [0.1, 0.15) is 20.3 Å².